The number of carbonyl (C=O) groups excluding carboxylic acids is 2. The third-order valence-corrected chi connectivity index (χ3v) is 8.42. The largest absolute Gasteiger partial charge is 0.464 e. The molecule has 3 saturated heterocycles. The number of nitrogens with one attached hydrogen (secondary N) is 1. The molecule has 10 nitrogen and oxygen atoms in total. The van der Waals surface area contributed by atoms with Crippen molar-refractivity contribution in [2.45, 2.75) is 64.2 Å². The molecule has 3 fully saturated rings. The van der Waals surface area contributed by atoms with Gasteiger partial charge in [0.15, 0.2) is 22.5 Å². The number of piperazine rings is 1. The number of anilines is 2. The van der Waals surface area contributed by atoms with Crippen LogP contribution < -0.4 is 16.0 Å². The second kappa shape index (κ2) is 12.1. The standard InChI is InChI=1S/C28H38ClN7O3/c1-3-20-17-35(26-24(29)32-23(25(30)33-26)27(37)31-22-10-15-39-28(22)38)13-14-36(20)21-8-11-34(12-9-21)16-19-6-4-18(2)5-7-19/h4-7,20-22H,3,8-17H2,1-2H3,(H2,30,33)(H,31,37)/t20-,22-/m0/s1. The molecule has 5 rings (SSSR count). The van der Waals surface area contributed by atoms with Gasteiger partial charge in [0.25, 0.3) is 5.91 Å². The molecule has 1 amide bonds. The highest BCUT2D eigenvalue weighted by Crippen LogP contribution is 2.30. The van der Waals surface area contributed by atoms with Gasteiger partial charge in [-0.1, -0.05) is 48.4 Å². The molecule has 0 radical (unpaired) electrons. The third kappa shape index (κ3) is 6.28. The van der Waals surface area contributed by atoms with Crippen LogP contribution >= 0.6 is 11.6 Å². The Labute approximate surface area is 234 Å². The molecule has 0 spiro atoms. The number of cyclic esters (lactones) is 1. The van der Waals surface area contributed by atoms with Gasteiger partial charge in [0, 0.05) is 44.7 Å². The highest BCUT2D eigenvalue weighted by Gasteiger charge is 2.35. The summed E-state index contributed by atoms with van der Waals surface area (Å²) in [5, 5.41) is 2.75. The molecule has 3 aliphatic rings. The van der Waals surface area contributed by atoms with E-state index in [1.807, 2.05) is 0 Å². The van der Waals surface area contributed by atoms with Crippen LogP contribution in [0.25, 0.3) is 0 Å². The summed E-state index contributed by atoms with van der Waals surface area (Å²) in [5.41, 5.74) is 8.74. The van der Waals surface area contributed by atoms with Gasteiger partial charge in [-0.05, 0) is 44.8 Å². The molecule has 39 heavy (non-hydrogen) atoms. The Bertz CT molecular complexity index is 1190. The van der Waals surface area contributed by atoms with Crippen LogP contribution in [0.15, 0.2) is 24.3 Å². The van der Waals surface area contributed by atoms with Crippen LogP contribution in [0.5, 0.6) is 0 Å². The number of benzene rings is 1. The number of nitrogens with two attached hydrogens (primary N) is 1. The molecule has 0 bridgehead atoms. The van der Waals surface area contributed by atoms with E-state index < -0.39 is 17.9 Å². The Morgan fingerprint density at radius 3 is 2.54 bits per heavy atom. The fourth-order valence-electron chi connectivity index (χ4n) is 5.91. The van der Waals surface area contributed by atoms with Crippen molar-refractivity contribution < 1.29 is 14.3 Å². The van der Waals surface area contributed by atoms with Crippen molar-refractivity contribution in [3.63, 3.8) is 0 Å². The van der Waals surface area contributed by atoms with Crippen LogP contribution in [0.3, 0.4) is 0 Å². The Hall–Kier alpha value is -2.95. The summed E-state index contributed by atoms with van der Waals surface area (Å²) in [6.45, 7) is 10.3. The van der Waals surface area contributed by atoms with Crippen LogP contribution in [-0.4, -0.2) is 89.1 Å². The quantitative estimate of drug-likeness (QED) is 0.497. The van der Waals surface area contributed by atoms with Crippen LogP contribution in [0.2, 0.25) is 5.15 Å². The van der Waals surface area contributed by atoms with Gasteiger partial charge in [-0.2, -0.15) is 0 Å². The Morgan fingerprint density at radius 2 is 1.87 bits per heavy atom. The number of aryl methyl sites for hydroxylation is 1. The zero-order valence-electron chi connectivity index (χ0n) is 22.7. The van der Waals surface area contributed by atoms with Crippen LogP contribution in [0, 0.1) is 6.92 Å². The number of carbonyl (C=O) groups is 2. The van der Waals surface area contributed by atoms with Gasteiger partial charge in [-0.3, -0.25) is 14.6 Å². The number of nitrogens with zero attached hydrogens (tertiary/aromatic N) is 5. The van der Waals surface area contributed by atoms with Gasteiger partial charge < -0.3 is 20.7 Å². The maximum Gasteiger partial charge on any atom is 0.328 e. The summed E-state index contributed by atoms with van der Waals surface area (Å²) in [4.78, 5) is 40.5. The Kier molecular flexibility index (Phi) is 8.54. The number of rotatable bonds is 7. The van der Waals surface area contributed by atoms with E-state index in [0.717, 1.165) is 58.5 Å². The van der Waals surface area contributed by atoms with Gasteiger partial charge >= 0.3 is 5.97 Å². The number of ether oxygens (including phenoxy) is 1. The number of piperidine rings is 1. The molecule has 3 N–H and O–H groups in total. The molecule has 0 saturated carbocycles. The average Bonchev–Trinajstić information content (AvgIpc) is 3.35. The lowest BCUT2D eigenvalue weighted by Crippen LogP contribution is -2.58. The van der Waals surface area contributed by atoms with Gasteiger partial charge in [-0.25, -0.2) is 14.8 Å². The summed E-state index contributed by atoms with van der Waals surface area (Å²) in [5.74, 6) is -0.549. The second-order valence-corrected chi connectivity index (χ2v) is 11.2. The number of nitrogen functional groups attached to an aromatic ring is 1. The summed E-state index contributed by atoms with van der Waals surface area (Å²) in [7, 11) is 0. The number of likely N-dealkylation sites (tertiary alicyclic amines) is 1. The predicted molar refractivity (Wildman–Crippen MR) is 151 cm³/mol. The van der Waals surface area contributed by atoms with Gasteiger partial charge in [0.1, 0.15) is 6.04 Å². The molecule has 210 valence electrons. The third-order valence-electron chi connectivity index (χ3n) is 8.17. The van der Waals surface area contributed by atoms with E-state index in [9.17, 15) is 9.59 Å². The molecule has 0 aliphatic carbocycles. The number of esters is 1. The van der Waals surface area contributed by atoms with Crippen molar-refractivity contribution in [2.24, 2.45) is 0 Å². The van der Waals surface area contributed by atoms with E-state index in [1.165, 1.54) is 11.1 Å². The van der Waals surface area contributed by atoms with Crippen LogP contribution in [-0.2, 0) is 16.1 Å². The van der Waals surface area contributed by atoms with Crippen molar-refractivity contribution in [1.82, 2.24) is 25.1 Å². The van der Waals surface area contributed by atoms with Crippen LogP contribution in [0.4, 0.5) is 11.6 Å². The first-order chi connectivity index (χ1) is 18.8. The van der Waals surface area contributed by atoms with Crippen molar-refractivity contribution in [3.8, 4) is 0 Å². The van der Waals surface area contributed by atoms with Crippen molar-refractivity contribution in [1.29, 1.82) is 0 Å². The summed E-state index contributed by atoms with van der Waals surface area (Å²) in [6.07, 6.45) is 3.75. The van der Waals surface area contributed by atoms with Gasteiger partial charge in [-0.15, -0.1) is 0 Å². The average molecular weight is 556 g/mol. The summed E-state index contributed by atoms with van der Waals surface area (Å²) < 4.78 is 4.90. The monoisotopic (exact) mass is 555 g/mol. The van der Waals surface area contributed by atoms with Crippen molar-refractivity contribution >= 4 is 35.1 Å². The molecule has 1 aromatic carbocycles. The van der Waals surface area contributed by atoms with E-state index in [1.54, 1.807) is 0 Å². The zero-order valence-corrected chi connectivity index (χ0v) is 23.5. The molecule has 11 heteroatoms. The number of halogens is 1. The summed E-state index contributed by atoms with van der Waals surface area (Å²) in [6, 6.07) is 9.07. The topological polar surface area (TPSA) is 117 Å². The first-order valence-corrected chi connectivity index (χ1v) is 14.3. The maximum absolute atomic E-state index is 12.7. The molecule has 1 aromatic heterocycles. The first-order valence-electron chi connectivity index (χ1n) is 13.9. The number of hydrogen-bond donors (Lipinski definition) is 2. The zero-order chi connectivity index (χ0) is 27.5. The molecular formula is C28H38ClN7O3. The lowest BCUT2D eigenvalue weighted by molar-refractivity contribution is -0.139. The lowest BCUT2D eigenvalue weighted by atomic mass is 9.98. The minimum atomic E-state index is -0.704. The highest BCUT2D eigenvalue weighted by molar-refractivity contribution is 6.32. The van der Waals surface area contributed by atoms with E-state index in [4.69, 9.17) is 22.1 Å². The van der Waals surface area contributed by atoms with Crippen molar-refractivity contribution in [2.75, 3.05) is 50.0 Å². The molecule has 2 aromatic rings. The lowest BCUT2D eigenvalue weighted by Gasteiger charge is -2.47. The number of aromatic nitrogens is 2. The Balaban J connectivity index is 1.18. The van der Waals surface area contributed by atoms with Gasteiger partial charge in [0.2, 0.25) is 0 Å². The molecule has 2 atom stereocenters. The van der Waals surface area contributed by atoms with E-state index in [0.29, 0.717) is 24.3 Å². The minimum Gasteiger partial charge on any atom is -0.464 e. The normalized spacial score (nSPS) is 23.2. The Morgan fingerprint density at radius 1 is 1.13 bits per heavy atom. The SMILES string of the molecule is CC[C@H]1CN(c2nc(N)c(C(=O)N[C@H]3CCOC3=O)nc2Cl)CCN1C1CCN(Cc2ccc(C)cc2)CC1. The first kappa shape index (κ1) is 27.6. The minimum absolute atomic E-state index is 0.00492. The fourth-order valence-corrected chi connectivity index (χ4v) is 6.15. The fraction of sp³-hybridized carbons (Fsp3) is 0.571. The van der Waals surface area contributed by atoms with E-state index >= 15 is 0 Å². The molecule has 4 heterocycles. The van der Waals surface area contributed by atoms with Crippen molar-refractivity contribution in [3.05, 3.63) is 46.2 Å². The summed E-state index contributed by atoms with van der Waals surface area (Å²) >= 11 is 6.53. The predicted octanol–water partition coefficient (Wildman–Crippen LogP) is 2.63. The van der Waals surface area contributed by atoms with E-state index in [-0.39, 0.29) is 23.3 Å². The number of hydrogen-bond acceptors (Lipinski definition) is 9. The molecular weight excluding hydrogens is 518 g/mol. The molecule has 0 unspecified atom stereocenters. The maximum atomic E-state index is 12.7. The smallest absolute Gasteiger partial charge is 0.328 e. The van der Waals surface area contributed by atoms with E-state index in [2.05, 4.69) is 68.1 Å². The van der Waals surface area contributed by atoms with Gasteiger partial charge in [0.05, 0.1) is 6.61 Å². The highest BCUT2D eigenvalue weighted by atomic mass is 35.5. The second-order valence-electron chi connectivity index (χ2n) is 10.8. The van der Waals surface area contributed by atoms with Crippen LogP contribution in [0.1, 0.15) is 54.2 Å². The number of amides is 1. The molecule has 3 aliphatic heterocycles.